The molecule has 3 rings (SSSR count). The van der Waals surface area contributed by atoms with Crippen LogP contribution in [-0.4, -0.2) is 68.2 Å². The summed E-state index contributed by atoms with van der Waals surface area (Å²) in [6.07, 6.45) is 1.23. The smallest absolute Gasteiger partial charge is 0.265 e. The number of amides is 1. The van der Waals surface area contributed by atoms with Crippen LogP contribution >= 0.6 is 0 Å². The third-order valence-electron chi connectivity index (χ3n) is 4.46. The average molecular weight is 304 g/mol. The van der Waals surface area contributed by atoms with Crippen LogP contribution in [0.2, 0.25) is 0 Å². The zero-order chi connectivity index (χ0) is 15.4. The Balaban J connectivity index is 1.50. The number of benzene rings is 1. The largest absolute Gasteiger partial charge is 0.497 e. The lowest BCUT2D eigenvalue weighted by Crippen LogP contribution is -2.56. The summed E-state index contributed by atoms with van der Waals surface area (Å²) in [6.45, 7) is 5.96. The molecule has 6 heteroatoms. The molecule has 1 aromatic carbocycles. The maximum absolute atomic E-state index is 12.3. The molecule has 0 bridgehead atoms. The Morgan fingerprint density at radius 2 is 2.14 bits per heavy atom. The number of nitrogens with one attached hydrogen (secondary N) is 2. The Hall–Kier alpha value is -1.63. The van der Waals surface area contributed by atoms with E-state index in [2.05, 4.69) is 15.6 Å². The number of carbonyl (C=O) groups excluding carboxylic acids is 1. The van der Waals surface area contributed by atoms with Crippen molar-refractivity contribution in [2.24, 2.45) is 0 Å². The van der Waals surface area contributed by atoms with E-state index in [1.54, 1.807) is 19.2 Å². The molecule has 2 N–H and O–H groups in total. The number of piperazine rings is 1. The fraction of sp³-hybridized carbons (Fsp3) is 0.562. The summed E-state index contributed by atoms with van der Waals surface area (Å²) >= 11 is 0. The van der Waals surface area contributed by atoms with Gasteiger partial charge in [-0.25, -0.2) is 5.01 Å². The fourth-order valence-corrected chi connectivity index (χ4v) is 3.12. The molecular weight excluding hydrogens is 280 g/mol. The van der Waals surface area contributed by atoms with E-state index in [4.69, 9.17) is 4.74 Å². The Morgan fingerprint density at radius 1 is 1.32 bits per heavy atom. The molecule has 2 fully saturated rings. The zero-order valence-electron chi connectivity index (χ0n) is 13.0. The minimum absolute atomic E-state index is 0.0742. The zero-order valence-corrected chi connectivity index (χ0v) is 13.0. The average Bonchev–Trinajstić information content (AvgIpc) is 3.10. The van der Waals surface area contributed by atoms with E-state index in [9.17, 15) is 4.79 Å². The maximum Gasteiger partial charge on any atom is 0.265 e. The van der Waals surface area contributed by atoms with Crippen molar-refractivity contribution in [3.05, 3.63) is 29.8 Å². The van der Waals surface area contributed by atoms with Gasteiger partial charge in [0.2, 0.25) is 0 Å². The number of hydrogen-bond acceptors (Lipinski definition) is 5. The molecule has 0 saturated carbocycles. The van der Waals surface area contributed by atoms with Gasteiger partial charge in [-0.15, -0.1) is 0 Å². The van der Waals surface area contributed by atoms with Gasteiger partial charge in [-0.2, -0.15) is 0 Å². The number of methoxy groups -OCH3 is 1. The van der Waals surface area contributed by atoms with Gasteiger partial charge in [-0.3, -0.25) is 15.1 Å². The van der Waals surface area contributed by atoms with Crippen molar-refractivity contribution in [2.45, 2.75) is 12.5 Å². The molecule has 6 nitrogen and oxygen atoms in total. The molecule has 2 saturated heterocycles. The van der Waals surface area contributed by atoms with Gasteiger partial charge in [0.05, 0.1) is 7.11 Å². The molecule has 1 atom stereocenters. The standard InChI is InChI=1S/C16H24N4O2/c1-22-15-4-2-3-13(11-15)16(21)18-20-9-7-19(8-10-20)14-5-6-17-12-14/h2-4,11,14,17H,5-10,12H2,1H3,(H,18,21). The molecule has 1 amide bonds. The predicted molar refractivity (Wildman–Crippen MR) is 84.9 cm³/mol. The molecule has 2 heterocycles. The second kappa shape index (κ2) is 7.09. The van der Waals surface area contributed by atoms with Crippen molar-refractivity contribution in [3.63, 3.8) is 0 Å². The number of rotatable bonds is 4. The normalized spacial score (nSPS) is 23.4. The highest BCUT2D eigenvalue weighted by Crippen LogP contribution is 2.14. The van der Waals surface area contributed by atoms with Crippen LogP contribution in [0.4, 0.5) is 0 Å². The topological polar surface area (TPSA) is 56.8 Å². The van der Waals surface area contributed by atoms with Crippen molar-refractivity contribution in [2.75, 3.05) is 46.4 Å². The Labute approximate surface area is 131 Å². The lowest BCUT2D eigenvalue weighted by atomic mass is 10.2. The minimum atomic E-state index is -0.0742. The molecule has 22 heavy (non-hydrogen) atoms. The Morgan fingerprint density at radius 3 is 2.82 bits per heavy atom. The van der Waals surface area contributed by atoms with Crippen molar-refractivity contribution in [1.29, 1.82) is 0 Å². The Bertz CT molecular complexity index is 509. The molecule has 0 spiro atoms. The highest BCUT2D eigenvalue weighted by atomic mass is 16.5. The van der Waals surface area contributed by atoms with Crippen LogP contribution in [0.15, 0.2) is 24.3 Å². The highest BCUT2D eigenvalue weighted by molar-refractivity contribution is 5.94. The van der Waals surface area contributed by atoms with Crippen LogP contribution in [0.25, 0.3) is 0 Å². The van der Waals surface area contributed by atoms with Gasteiger partial charge in [-0.1, -0.05) is 6.07 Å². The van der Waals surface area contributed by atoms with Gasteiger partial charge < -0.3 is 10.1 Å². The molecule has 0 aliphatic carbocycles. The lowest BCUT2D eigenvalue weighted by molar-refractivity contribution is 0.0533. The first-order valence-electron chi connectivity index (χ1n) is 7.91. The van der Waals surface area contributed by atoms with E-state index in [1.807, 2.05) is 17.1 Å². The highest BCUT2D eigenvalue weighted by Gasteiger charge is 2.26. The molecule has 0 radical (unpaired) electrons. The number of ether oxygens (including phenoxy) is 1. The van der Waals surface area contributed by atoms with E-state index in [1.165, 1.54) is 6.42 Å². The first-order valence-corrected chi connectivity index (χ1v) is 7.91. The van der Waals surface area contributed by atoms with E-state index < -0.39 is 0 Å². The van der Waals surface area contributed by atoms with Gasteiger partial charge in [0.15, 0.2) is 0 Å². The molecule has 120 valence electrons. The first-order chi connectivity index (χ1) is 10.8. The third kappa shape index (κ3) is 3.58. The SMILES string of the molecule is COc1cccc(C(=O)NN2CCN(C3CCNC3)CC2)c1. The van der Waals surface area contributed by atoms with Crippen LogP contribution in [-0.2, 0) is 0 Å². The molecule has 1 unspecified atom stereocenters. The molecule has 2 aliphatic heterocycles. The van der Waals surface area contributed by atoms with Crippen LogP contribution in [0, 0.1) is 0 Å². The predicted octanol–water partition coefficient (Wildman–Crippen LogP) is 0.320. The van der Waals surface area contributed by atoms with E-state index in [0.717, 1.165) is 39.3 Å². The van der Waals surface area contributed by atoms with Gasteiger partial charge in [0.1, 0.15) is 5.75 Å². The first kappa shape index (κ1) is 15.3. The van der Waals surface area contributed by atoms with Crippen LogP contribution in [0.5, 0.6) is 5.75 Å². The van der Waals surface area contributed by atoms with Crippen LogP contribution in [0.1, 0.15) is 16.8 Å². The summed E-state index contributed by atoms with van der Waals surface area (Å²) in [5, 5.41) is 5.42. The fourth-order valence-electron chi connectivity index (χ4n) is 3.12. The second-order valence-electron chi connectivity index (χ2n) is 5.84. The van der Waals surface area contributed by atoms with Crippen molar-refractivity contribution in [1.82, 2.24) is 20.7 Å². The maximum atomic E-state index is 12.3. The van der Waals surface area contributed by atoms with E-state index >= 15 is 0 Å². The quantitative estimate of drug-likeness (QED) is 0.839. The number of hydrogen-bond donors (Lipinski definition) is 2. The van der Waals surface area contributed by atoms with E-state index in [-0.39, 0.29) is 5.91 Å². The van der Waals surface area contributed by atoms with Crippen molar-refractivity contribution in [3.8, 4) is 5.75 Å². The van der Waals surface area contributed by atoms with Crippen LogP contribution in [0.3, 0.4) is 0 Å². The molecular formula is C16H24N4O2. The minimum Gasteiger partial charge on any atom is -0.497 e. The molecule has 0 aromatic heterocycles. The van der Waals surface area contributed by atoms with Gasteiger partial charge in [0, 0.05) is 44.3 Å². The number of carbonyl (C=O) groups is 1. The van der Waals surface area contributed by atoms with Crippen molar-refractivity contribution >= 4 is 5.91 Å². The monoisotopic (exact) mass is 304 g/mol. The summed E-state index contributed by atoms with van der Waals surface area (Å²) in [4.78, 5) is 14.8. The number of hydrazine groups is 1. The summed E-state index contributed by atoms with van der Waals surface area (Å²) in [5.74, 6) is 0.626. The summed E-state index contributed by atoms with van der Waals surface area (Å²) in [7, 11) is 1.61. The lowest BCUT2D eigenvalue weighted by Gasteiger charge is -2.37. The molecule has 2 aliphatic rings. The van der Waals surface area contributed by atoms with E-state index in [0.29, 0.717) is 17.4 Å². The van der Waals surface area contributed by atoms with Crippen molar-refractivity contribution < 1.29 is 9.53 Å². The summed E-state index contributed by atoms with van der Waals surface area (Å²) < 4.78 is 5.16. The molecule has 1 aromatic rings. The van der Waals surface area contributed by atoms with Gasteiger partial charge >= 0.3 is 0 Å². The third-order valence-corrected chi connectivity index (χ3v) is 4.46. The van der Waals surface area contributed by atoms with Crippen LogP contribution < -0.4 is 15.5 Å². The number of nitrogens with zero attached hydrogens (tertiary/aromatic N) is 2. The summed E-state index contributed by atoms with van der Waals surface area (Å²) in [5.41, 5.74) is 3.62. The summed E-state index contributed by atoms with van der Waals surface area (Å²) in [6, 6.07) is 7.90. The Kier molecular flexibility index (Phi) is 4.92. The van der Waals surface area contributed by atoms with Gasteiger partial charge in [0.25, 0.3) is 5.91 Å². The second-order valence-corrected chi connectivity index (χ2v) is 5.84. The van der Waals surface area contributed by atoms with Gasteiger partial charge in [-0.05, 0) is 31.2 Å².